The molecule has 1 aliphatic rings. The second-order valence-corrected chi connectivity index (χ2v) is 8.23. The SMILES string of the molecule is C#CC(O)(CO)C(O)c1ncnc2c1ncn2Cc1ccc2c(c1)Nc1nccnc1S2. The molecular formula is C21H17N7O3S. The molecule has 4 N–H and O–H groups in total. The second-order valence-electron chi connectivity index (χ2n) is 7.20. The number of hydrogen-bond acceptors (Lipinski definition) is 10. The average molecular weight is 447 g/mol. The molecule has 0 bridgehead atoms. The lowest BCUT2D eigenvalue weighted by molar-refractivity contribution is -0.0671. The highest BCUT2D eigenvalue weighted by molar-refractivity contribution is 7.99. The summed E-state index contributed by atoms with van der Waals surface area (Å²) in [4.78, 5) is 22.3. The Morgan fingerprint density at radius 3 is 2.84 bits per heavy atom. The zero-order valence-corrected chi connectivity index (χ0v) is 17.4. The standard InChI is InChI=1S/C21H17N7O3S/c1-2-21(31,9-29)17(30)15-16-19(25-10-24-15)28(11-26-16)8-12-3-4-14-13(7-12)27-18-20(32-14)23-6-5-22-18/h1,3-7,10-11,17,29-31H,8-9H2,(H,22,27). The molecule has 0 saturated carbocycles. The molecule has 1 aliphatic heterocycles. The third-order valence-corrected chi connectivity index (χ3v) is 6.22. The van der Waals surface area contributed by atoms with Crippen molar-refractivity contribution in [3.8, 4) is 12.3 Å². The number of benzene rings is 1. The Kier molecular flexibility index (Phi) is 4.99. The number of aromatic nitrogens is 6. The number of nitrogens with one attached hydrogen (secondary N) is 1. The van der Waals surface area contributed by atoms with Crippen LogP contribution in [0.2, 0.25) is 0 Å². The van der Waals surface area contributed by atoms with Crippen molar-refractivity contribution in [3.05, 3.63) is 54.5 Å². The maximum Gasteiger partial charge on any atom is 0.179 e. The van der Waals surface area contributed by atoms with E-state index in [9.17, 15) is 15.3 Å². The molecule has 0 saturated heterocycles. The molecule has 1 aromatic carbocycles. The van der Waals surface area contributed by atoms with Crippen molar-refractivity contribution in [1.29, 1.82) is 0 Å². The molecule has 11 heteroatoms. The van der Waals surface area contributed by atoms with Crippen molar-refractivity contribution in [3.63, 3.8) is 0 Å². The van der Waals surface area contributed by atoms with Crippen LogP contribution in [-0.2, 0) is 6.54 Å². The van der Waals surface area contributed by atoms with E-state index in [2.05, 4.69) is 30.2 Å². The first-order valence-electron chi connectivity index (χ1n) is 9.56. The van der Waals surface area contributed by atoms with Gasteiger partial charge in [0.05, 0.1) is 25.2 Å². The number of rotatable bonds is 5. The van der Waals surface area contributed by atoms with Gasteiger partial charge in [0.2, 0.25) is 0 Å². The van der Waals surface area contributed by atoms with Gasteiger partial charge in [0, 0.05) is 17.3 Å². The van der Waals surface area contributed by atoms with Crippen LogP contribution >= 0.6 is 11.8 Å². The summed E-state index contributed by atoms with van der Waals surface area (Å²) < 4.78 is 1.80. The normalized spacial score (nSPS) is 15.2. The summed E-state index contributed by atoms with van der Waals surface area (Å²) in [7, 11) is 0. The van der Waals surface area contributed by atoms with Crippen LogP contribution in [0.15, 0.2) is 53.2 Å². The fourth-order valence-corrected chi connectivity index (χ4v) is 4.31. The van der Waals surface area contributed by atoms with Gasteiger partial charge in [-0.2, -0.15) is 0 Å². The topological polar surface area (TPSA) is 142 Å². The minimum Gasteiger partial charge on any atom is -0.392 e. The predicted octanol–water partition coefficient (Wildman–Crippen LogP) is 1.26. The summed E-state index contributed by atoms with van der Waals surface area (Å²) in [5.74, 6) is 2.73. The van der Waals surface area contributed by atoms with Gasteiger partial charge in [-0.25, -0.2) is 24.9 Å². The number of hydrogen-bond donors (Lipinski definition) is 4. The van der Waals surface area contributed by atoms with E-state index in [0.717, 1.165) is 21.2 Å². The zero-order chi connectivity index (χ0) is 22.3. The van der Waals surface area contributed by atoms with Gasteiger partial charge in [0.1, 0.15) is 28.7 Å². The summed E-state index contributed by atoms with van der Waals surface area (Å²) in [6, 6.07) is 6.03. The molecule has 10 nitrogen and oxygen atoms in total. The van der Waals surface area contributed by atoms with Crippen LogP contribution in [0.1, 0.15) is 17.4 Å². The van der Waals surface area contributed by atoms with E-state index in [1.807, 2.05) is 24.1 Å². The van der Waals surface area contributed by atoms with E-state index in [0.29, 0.717) is 18.0 Å². The van der Waals surface area contributed by atoms with Crippen LogP contribution in [0, 0.1) is 12.3 Å². The summed E-state index contributed by atoms with van der Waals surface area (Å²) in [6.07, 6.45) is 9.80. The molecule has 3 aromatic heterocycles. The van der Waals surface area contributed by atoms with E-state index < -0.39 is 18.3 Å². The van der Waals surface area contributed by atoms with Crippen molar-refractivity contribution in [1.82, 2.24) is 29.5 Å². The van der Waals surface area contributed by atoms with Crippen LogP contribution < -0.4 is 5.32 Å². The van der Waals surface area contributed by atoms with Gasteiger partial charge in [-0.05, 0) is 17.7 Å². The summed E-state index contributed by atoms with van der Waals surface area (Å²) in [5, 5.41) is 34.4. The Bertz CT molecular complexity index is 1370. The van der Waals surface area contributed by atoms with Crippen LogP contribution in [0.4, 0.5) is 11.5 Å². The fraction of sp³-hybridized carbons (Fsp3) is 0.190. The lowest BCUT2D eigenvalue weighted by Gasteiger charge is -2.25. The molecule has 2 unspecified atom stereocenters. The van der Waals surface area contributed by atoms with Crippen LogP contribution in [0.25, 0.3) is 11.2 Å². The van der Waals surface area contributed by atoms with E-state index in [4.69, 9.17) is 6.42 Å². The molecule has 0 fully saturated rings. The molecule has 2 atom stereocenters. The first-order valence-corrected chi connectivity index (χ1v) is 10.4. The summed E-state index contributed by atoms with van der Waals surface area (Å²) in [6.45, 7) is -0.375. The number of terminal acetylenes is 1. The first kappa shape index (κ1) is 20.3. The number of aliphatic hydroxyl groups excluding tert-OH is 2. The Hall–Kier alpha value is -3.56. The van der Waals surface area contributed by atoms with Gasteiger partial charge >= 0.3 is 0 Å². The first-order chi connectivity index (χ1) is 15.5. The fourth-order valence-electron chi connectivity index (χ4n) is 3.43. The molecular weight excluding hydrogens is 430 g/mol. The van der Waals surface area contributed by atoms with Gasteiger partial charge in [-0.1, -0.05) is 23.7 Å². The number of nitrogens with zero attached hydrogens (tertiary/aromatic N) is 6. The van der Waals surface area contributed by atoms with Crippen molar-refractivity contribution in [2.75, 3.05) is 11.9 Å². The maximum absolute atomic E-state index is 10.5. The third-order valence-electron chi connectivity index (χ3n) is 5.15. The molecule has 0 aliphatic carbocycles. The molecule has 160 valence electrons. The smallest absolute Gasteiger partial charge is 0.179 e. The van der Waals surface area contributed by atoms with Gasteiger partial charge in [-0.15, -0.1) is 6.42 Å². The van der Waals surface area contributed by atoms with Crippen LogP contribution in [-0.4, -0.2) is 57.0 Å². The Labute approximate surface area is 186 Å². The molecule has 4 heterocycles. The molecule has 0 radical (unpaired) electrons. The minimum atomic E-state index is -2.17. The molecule has 32 heavy (non-hydrogen) atoms. The summed E-state index contributed by atoms with van der Waals surface area (Å²) in [5.41, 5.74) is 0.534. The van der Waals surface area contributed by atoms with Crippen molar-refractivity contribution < 1.29 is 15.3 Å². The highest BCUT2D eigenvalue weighted by Gasteiger charge is 2.37. The number of imidazole rings is 1. The van der Waals surface area contributed by atoms with Crippen molar-refractivity contribution in [2.24, 2.45) is 0 Å². The average Bonchev–Trinajstić information content (AvgIpc) is 3.24. The Morgan fingerprint density at radius 2 is 2.03 bits per heavy atom. The number of aliphatic hydroxyl groups is 3. The second kappa shape index (κ2) is 7.85. The molecule has 5 rings (SSSR count). The summed E-state index contributed by atoms with van der Waals surface area (Å²) >= 11 is 1.55. The van der Waals surface area contributed by atoms with Crippen LogP contribution in [0.3, 0.4) is 0 Å². The highest BCUT2D eigenvalue weighted by Crippen LogP contribution is 2.42. The monoisotopic (exact) mass is 447 g/mol. The highest BCUT2D eigenvalue weighted by atomic mass is 32.2. The van der Waals surface area contributed by atoms with E-state index in [1.54, 1.807) is 35.0 Å². The van der Waals surface area contributed by atoms with Crippen molar-refractivity contribution in [2.45, 2.75) is 28.2 Å². The maximum atomic E-state index is 10.5. The van der Waals surface area contributed by atoms with E-state index in [-0.39, 0.29) is 11.2 Å². The van der Waals surface area contributed by atoms with Gasteiger partial charge in [0.25, 0.3) is 0 Å². The largest absolute Gasteiger partial charge is 0.392 e. The zero-order valence-electron chi connectivity index (χ0n) is 16.5. The van der Waals surface area contributed by atoms with E-state index >= 15 is 0 Å². The lowest BCUT2D eigenvalue weighted by Crippen LogP contribution is -2.39. The molecule has 4 aromatic rings. The predicted molar refractivity (Wildman–Crippen MR) is 116 cm³/mol. The quantitative estimate of drug-likeness (QED) is 0.291. The number of fused-ring (bicyclic) bond motifs is 3. The van der Waals surface area contributed by atoms with Gasteiger partial charge < -0.3 is 25.2 Å². The molecule has 0 amide bonds. The number of anilines is 2. The van der Waals surface area contributed by atoms with E-state index in [1.165, 1.54) is 6.33 Å². The molecule has 0 spiro atoms. The minimum absolute atomic E-state index is 0.0435. The lowest BCUT2D eigenvalue weighted by atomic mass is 9.95. The Balaban J connectivity index is 1.46. The Morgan fingerprint density at radius 1 is 1.19 bits per heavy atom. The van der Waals surface area contributed by atoms with Gasteiger partial charge in [0.15, 0.2) is 17.1 Å². The van der Waals surface area contributed by atoms with Crippen LogP contribution in [0.5, 0.6) is 0 Å². The van der Waals surface area contributed by atoms with Crippen molar-refractivity contribution >= 4 is 34.4 Å². The third kappa shape index (κ3) is 3.35. The van der Waals surface area contributed by atoms with Gasteiger partial charge in [-0.3, -0.25) is 0 Å².